The number of likely N-dealkylation sites (tertiary alicyclic amines) is 1. The van der Waals surface area contributed by atoms with Gasteiger partial charge < -0.3 is 4.90 Å². The largest absolute Gasteiger partial charge is 0.300 e. The molecule has 2 rings (SSSR count). The first-order valence-corrected chi connectivity index (χ1v) is 9.78. The number of hydrogen-bond acceptors (Lipinski definition) is 1. The van der Waals surface area contributed by atoms with Gasteiger partial charge in [-0.1, -0.05) is 64.0 Å². The van der Waals surface area contributed by atoms with Crippen LogP contribution in [0.5, 0.6) is 0 Å². The van der Waals surface area contributed by atoms with E-state index in [-0.39, 0.29) is 5.82 Å². The Morgan fingerprint density at radius 1 is 0.957 bits per heavy atom. The van der Waals surface area contributed by atoms with Gasteiger partial charge in [0.1, 0.15) is 5.82 Å². The lowest BCUT2D eigenvalue weighted by atomic mass is 10.0. The fraction of sp³-hybridized carbons (Fsp3) is 0.714. The third kappa shape index (κ3) is 7.03. The zero-order chi connectivity index (χ0) is 16.3. The quantitative estimate of drug-likeness (QED) is 0.454. The van der Waals surface area contributed by atoms with Crippen LogP contribution < -0.4 is 0 Å². The minimum atomic E-state index is -0.129. The van der Waals surface area contributed by atoms with Crippen LogP contribution in [0.15, 0.2) is 24.3 Å². The van der Waals surface area contributed by atoms with Crippen molar-refractivity contribution < 1.29 is 4.39 Å². The SMILES string of the molecule is CCCCCCCCCCN1CCCC1Cc1ccc(F)cc1. The highest BCUT2D eigenvalue weighted by Crippen LogP contribution is 2.22. The molecule has 1 aliphatic heterocycles. The maximum absolute atomic E-state index is 13.0. The lowest BCUT2D eigenvalue weighted by Gasteiger charge is -2.24. The van der Waals surface area contributed by atoms with Gasteiger partial charge in [0.15, 0.2) is 0 Å². The van der Waals surface area contributed by atoms with E-state index >= 15 is 0 Å². The summed E-state index contributed by atoms with van der Waals surface area (Å²) in [6, 6.07) is 7.75. The van der Waals surface area contributed by atoms with E-state index in [0.717, 1.165) is 6.42 Å². The smallest absolute Gasteiger partial charge is 0.123 e. The third-order valence-electron chi connectivity index (χ3n) is 5.18. The Labute approximate surface area is 142 Å². The summed E-state index contributed by atoms with van der Waals surface area (Å²) >= 11 is 0. The molecule has 0 saturated carbocycles. The van der Waals surface area contributed by atoms with Gasteiger partial charge in [-0.2, -0.15) is 0 Å². The van der Waals surface area contributed by atoms with Crippen molar-refractivity contribution in [2.24, 2.45) is 0 Å². The van der Waals surface area contributed by atoms with Crippen LogP contribution in [0.2, 0.25) is 0 Å². The van der Waals surface area contributed by atoms with Gasteiger partial charge in [-0.05, 0) is 56.5 Å². The molecule has 1 unspecified atom stereocenters. The van der Waals surface area contributed by atoms with Gasteiger partial charge in [0.05, 0.1) is 0 Å². The van der Waals surface area contributed by atoms with E-state index < -0.39 is 0 Å². The van der Waals surface area contributed by atoms with Crippen LogP contribution in [-0.2, 0) is 6.42 Å². The van der Waals surface area contributed by atoms with Gasteiger partial charge in [-0.25, -0.2) is 4.39 Å². The number of nitrogens with zero attached hydrogens (tertiary/aromatic N) is 1. The van der Waals surface area contributed by atoms with Crippen LogP contribution in [0, 0.1) is 5.82 Å². The average molecular weight is 320 g/mol. The molecule has 2 heteroatoms. The zero-order valence-electron chi connectivity index (χ0n) is 14.9. The van der Waals surface area contributed by atoms with Crippen LogP contribution in [0.4, 0.5) is 4.39 Å². The maximum Gasteiger partial charge on any atom is 0.123 e. The fourth-order valence-corrected chi connectivity index (χ4v) is 3.76. The Kier molecular flexibility index (Phi) is 8.67. The molecule has 1 aromatic carbocycles. The fourth-order valence-electron chi connectivity index (χ4n) is 3.76. The summed E-state index contributed by atoms with van der Waals surface area (Å²) in [6.07, 6.45) is 14.8. The number of rotatable bonds is 11. The Balaban J connectivity index is 1.60. The van der Waals surface area contributed by atoms with Gasteiger partial charge in [-0.15, -0.1) is 0 Å². The van der Waals surface area contributed by atoms with E-state index in [1.165, 1.54) is 82.9 Å². The molecule has 0 radical (unpaired) electrons. The highest BCUT2D eigenvalue weighted by molar-refractivity contribution is 5.17. The second kappa shape index (κ2) is 10.8. The van der Waals surface area contributed by atoms with E-state index in [9.17, 15) is 4.39 Å². The Morgan fingerprint density at radius 2 is 1.61 bits per heavy atom. The first kappa shape index (κ1) is 18.4. The van der Waals surface area contributed by atoms with Crippen LogP contribution >= 0.6 is 0 Å². The van der Waals surface area contributed by atoms with Gasteiger partial charge >= 0.3 is 0 Å². The lowest BCUT2D eigenvalue weighted by molar-refractivity contribution is 0.246. The topological polar surface area (TPSA) is 3.24 Å². The first-order valence-electron chi connectivity index (χ1n) is 9.78. The van der Waals surface area contributed by atoms with Gasteiger partial charge in [0, 0.05) is 6.04 Å². The van der Waals surface area contributed by atoms with Gasteiger partial charge in [0.25, 0.3) is 0 Å². The number of hydrogen-bond donors (Lipinski definition) is 0. The van der Waals surface area contributed by atoms with E-state index in [1.807, 2.05) is 12.1 Å². The molecule has 0 spiro atoms. The molecule has 1 aromatic rings. The lowest BCUT2D eigenvalue weighted by Crippen LogP contribution is -2.32. The molecule has 23 heavy (non-hydrogen) atoms. The van der Waals surface area contributed by atoms with E-state index in [2.05, 4.69) is 11.8 Å². The van der Waals surface area contributed by atoms with Crippen molar-refractivity contribution in [2.45, 2.75) is 83.6 Å². The Bertz CT molecular complexity index is 414. The summed E-state index contributed by atoms with van der Waals surface area (Å²) in [5.74, 6) is -0.129. The molecule has 0 aromatic heterocycles. The molecule has 1 nitrogen and oxygen atoms in total. The molecule has 1 saturated heterocycles. The number of benzene rings is 1. The predicted molar refractivity (Wildman–Crippen MR) is 97.3 cm³/mol. The molecule has 1 heterocycles. The minimum Gasteiger partial charge on any atom is -0.300 e. The Hall–Kier alpha value is -0.890. The van der Waals surface area contributed by atoms with Crippen molar-refractivity contribution in [2.75, 3.05) is 13.1 Å². The minimum absolute atomic E-state index is 0.129. The molecule has 0 amide bonds. The van der Waals surface area contributed by atoms with E-state index in [0.29, 0.717) is 6.04 Å². The van der Waals surface area contributed by atoms with Crippen molar-refractivity contribution in [1.82, 2.24) is 4.90 Å². The molecule has 1 aliphatic rings. The van der Waals surface area contributed by atoms with E-state index in [1.54, 1.807) is 12.1 Å². The third-order valence-corrected chi connectivity index (χ3v) is 5.18. The average Bonchev–Trinajstić information content (AvgIpc) is 2.99. The van der Waals surface area contributed by atoms with Gasteiger partial charge in [0.2, 0.25) is 0 Å². The van der Waals surface area contributed by atoms with Crippen LogP contribution in [0.3, 0.4) is 0 Å². The van der Waals surface area contributed by atoms with Crippen molar-refractivity contribution in [3.05, 3.63) is 35.6 Å². The molecule has 0 aliphatic carbocycles. The molecule has 0 bridgehead atoms. The molecule has 0 N–H and O–H groups in total. The van der Waals surface area contributed by atoms with Crippen molar-refractivity contribution in [3.63, 3.8) is 0 Å². The molecule has 1 atom stereocenters. The maximum atomic E-state index is 13.0. The summed E-state index contributed by atoms with van der Waals surface area (Å²) in [7, 11) is 0. The normalized spacial score (nSPS) is 18.6. The zero-order valence-corrected chi connectivity index (χ0v) is 14.9. The summed E-state index contributed by atoms with van der Waals surface area (Å²) < 4.78 is 13.0. The molecule has 1 fully saturated rings. The summed E-state index contributed by atoms with van der Waals surface area (Å²) in [5, 5.41) is 0. The van der Waals surface area contributed by atoms with Crippen molar-refractivity contribution in [3.8, 4) is 0 Å². The van der Waals surface area contributed by atoms with Crippen LogP contribution in [-0.4, -0.2) is 24.0 Å². The highest BCUT2D eigenvalue weighted by Gasteiger charge is 2.23. The molecular formula is C21H34FN. The summed E-state index contributed by atoms with van der Waals surface area (Å²) in [6.45, 7) is 4.78. The van der Waals surface area contributed by atoms with Crippen molar-refractivity contribution in [1.29, 1.82) is 0 Å². The van der Waals surface area contributed by atoms with Crippen LogP contribution in [0.25, 0.3) is 0 Å². The van der Waals surface area contributed by atoms with Gasteiger partial charge in [-0.3, -0.25) is 0 Å². The van der Waals surface area contributed by atoms with Crippen LogP contribution in [0.1, 0.15) is 76.7 Å². The summed E-state index contributed by atoms with van der Waals surface area (Å²) in [4.78, 5) is 2.67. The van der Waals surface area contributed by atoms with Crippen molar-refractivity contribution >= 4 is 0 Å². The first-order chi connectivity index (χ1) is 11.3. The standard InChI is InChI=1S/C21H34FN/c1-2-3-4-5-6-7-8-9-16-23-17-10-11-21(23)18-19-12-14-20(22)15-13-19/h12-15,21H,2-11,16-18H2,1H3. The second-order valence-electron chi connectivity index (χ2n) is 7.14. The summed E-state index contributed by atoms with van der Waals surface area (Å²) in [5.41, 5.74) is 1.28. The second-order valence-corrected chi connectivity index (χ2v) is 7.14. The highest BCUT2D eigenvalue weighted by atomic mass is 19.1. The molecule has 130 valence electrons. The predicted octanol–water partition coefficient (Wildman–Crippen LogP) is 5.97. The number of unbranched alkanes of at least 4 members (excludes halogenated alkanes) is 7. The Morgan fingerprint density at radius 3 is 2.30 bits per heavy atom. The monoisotopic (exact) mass is 319 g/mol. The number of halogens is 1. The molecular weight excluding hydrogens is 285 g/mol. The van der Waals surface area contributed by atoms with E-state index in [4.69, 9.17) is 0 Å².